The first kappa shape index (κ1) is 12.8. The predicted octanol–water partition coefficient (Wildman–Crippen LogP) is 3.13. The molecule has 1 aromatic rings. The summed E-state index contributed by atoms with van der Waals surface area (Å²) in [6.07, 6.45) is 1.67. The van der Waals surface area contributed by atoms with Gasteiger partial charge in [0.2, 0.25) is 0 Å². The summed E-state index contributed by atoms with van der Waals surface area (Å²) in [7, 11) is 0. The van der Waals surface area contributed by atoms with E-state index >= 15 is 0 Å². The van der Waals surface area contributed by atoms with Gasteiger partial charge in [0.05, 0.1) is 21.8 Å². The summed E-state index contributed by atoms with van der Waals surface area (Å²) in [6, 6.07) is 5.54. The number of nitriles is 1. The van der Waals surface area contributed by atoms with Crippen LogP contribution in [-0.2, 0) is 0 Å². The summed E-state index contributed by atoms with van der Waals surface area (Å²) < 4.78 is 11.8. The Morgan fingerprint density at radius 3 is 2.81 bits per heavy atom. The molecule has 0 saturated carbocycles. The van der Waals surface area contributed by atoms with Crippen LogP contribution in [0.5, 0.6) is 11.5 Å². The van der Waals surface area contributed by atoms with E-state index in [0.717, 1.165) is 3.57 Å². The van der Waals surface area contributed by atoms with E-state index in [1.165, 1.54) is 0 Å². The maximum absolute atomic E-state index is 8.86. The van der Waals surface area contributed by atoms with Crippen molar-refractivity contribution in [2.75, 3.05) is 13.2 Å². The largest absolute Gasteiger partial charge is 0.490 e. The van der Waals surface area contributed by atoms with Gasteiger partial charge in [0.1, 0.15) is 6.61 Å². The van der Waals surface area contributed by atoms with Crippen LogP contribution < -0.4 is 9.47 Å². The Labute approximate surface area is 109 Å². The summed E-state index contributed by atoms with van der Waals surface area (Å²) in [5, 5.41) is 8.86. The van der Waals surface area contributed by atoms with Crippen molar-refractivity contribution >= 4 is 22.6 Å². The van der Waals surface area contributed by atoms with E-state index in [9.17, 15) is 0 Å². The molecule has 0 bridgehead atoms. The van der Waals surface area contributed by atoms with Crippen molar-refractivity contribution in [1.82, 2.24) is 0 Å². The van der Waals surface area contributed by atoms with Crippen LogP contribution in [0.15, 0.2) is 24.8 Å². The Balaban J connectivity index is 3.12. The molecule has 0 N–H and O–H groups in total. The van der Waals surface area contributed by atoms with Crippen molar-refractivity contribution in [3.05, 3.63) is 33.9 Å². The highest BCUT2D eigenvalue weighted by Crippen LogP contribution is 2.34. The maximum atomic E-state index is 8.86. The van der Waals surface area contributed by atoms with Crippen LogP contribution >= 0.6 is 22.6 Å². The molecule has 0 fully saturated rings. The molecule has 3 nitrogen and oxygen atoms in total. The molecule has 0 heterocycles. The second-order valence-corrected chi connectivity index (χ2v) is 4.09. The van der Waals surface area contributed by atoms with Gasteiger partial charge in [-0.2, -0.15) is 5.26 Å². The normalized spacial score (nSPS) is 9.31. The molecule has 84 valence electrons. The monoisotopic (exact) mass is 329 g/mol. The lowest BCUT2D eigenvalue weighted by molar-refractivity contribution is 0.295. The molecule has 1 rings (SSSR count). The molecular weight excluding hydrogens is 317 g/mol. The standard InChI is InChI=1S/C12H12INO2/c1-3-5-16-12-10(13)6-9(8-14)7-11(12)15-4-2/h3,6-7H,1,4-5H2,2H3. The van der Waals surface area contributed by atoms with Gasteiger partial charge in [0, 0.05) is 6.07 Å². The first-order valence-electron chi connectivity index (χ1n) is 4.83. The topological polar surface area (TPSA) is 42.2 Å². The summed E-state index contributed by atoms with van der Waals surface area (Å²) >= 11 is 2.12. The molecule has 16 heavy (non-hydrogen) atoms. The van der Waals surface area contributed by atoms with Gasteiger partial charge in [-0.15, -0.1) is 0 Å². The van der Waals surface area contributed by atoms with Gasteiger partial charge in [0.15, 0.2) is 11.5 Å². The third-order valence-electron chi connectivity index (χ3n) is 1.78. The molecule has 0 amide bonds. The quantitative estimate of drug-likeness (QED) is 0.616. The Morgan fingerprint density at radius 1 is 1.50 bits per heavy atom. The SMILES string of the molecule is C=CCOc1c(I)cc(C#N)cc1OCC. The van der Waals surface area contributed by atoms with Crippen molar-refractivity contribution in [2.24, 2.45) is 0 Å². The van der Waals surface area contributed by atoms with Gasteiger partial charge in [0.25, 0.3) is 0 Å². The summed E-state index contributed by atoms with van der Waals surface area (Å²) in [4.78, 5) is 0. The number of halogens is 1. The Bertz CT molecular complexity index is 424. The Morgan fingerprint density at radius 2 is 2.25 bits per heavy atom. The molecule has 1 aromatic carbocycles. The lowest BCUT2D eigenvalue weighted by Crippen LogP contribution is -2.01. The average Bonchev–Trinajstić information content (AvgIpc) is 2.28. The van der Waals surface area contributed by atoms with Crippen LogP contribution in [0.3, 0.4) is 0 Å². The van der Waals surface area contributed by atoms with Crippen LogP contribution in [0.4, 0.5) is 0 Å². The number of rotatable bonds is 5. The van der Waals surface area contributed by atoms with Crippen LogP contribution in [0, 0.1) is 14.9 Å². The minimum Gasteiger partial charge on any atom is -0.490 e. The lowest BCUT2D eigenvalue weighted by Gasteiger charge is -2.12. The predicted molar refractivity (Wildman–Crippen MR) is 70.7 cm³/mol. The van der Waals surface area contributed by atoms with E-state index in [1.54, 1.807) is 18.2 Å². The highest BCUT2D eigenvalue weighted by Gasteiger charge is 2.11. The van der Waals surface area contributed by atoms with Crippen LogP contribution in [-0.4, -0.2) is 13.2 Å². The van der Waals surface area contributed by atoms with Gasteiger partial charge in [-0.3, -0.25) is 0 Å². The summed E-state index contributed by atoms with van der Waals surface area (Å²) in [5.74, 6) is 1.27. The highest BCUT2D eigenvalue weighted by atomic mass is 127. The highest BCUT2D eigenvalue weighted by molar-refractivity contribution is 14.1. The fraction of sp³-hybridized carbons (Fsp3) is 0.250. The summed E-state index contributed by atoms with van der Waals surface area (Å²) in [6.45, 7) is 6.44. The van der Waals surface area contributed by atoms with E-state index in [1.807, 2.05) is 6.92 Å². The molecule has 0 atom stereocenters. The van der Waals surface area contributed by atoms with E-state index in [2.05, 4.69) is 35.2 Å². The van der Waals surface area contributed by atoms with Crippen molar-refractivity contribution < 1.29 is 9.47 Å². The van der Waals surface area contributed by atoms with Gasteiger partial charge in [-0.05, 0) is 35.6 Å². The second-order valence-electron chi connectivity index (χ2n) is 2.93. The van der Waals surface area contributed by atoms with Crippen molar-refractivity contribution in [1.29, 1.82) is 5.26 Å². The zero-order chi connectivity index (χ0) is 12.0. The number of hydrogen-bond acceptors (Lipinski definition) is 3. The number of ether oxygens (including phenoxy) is 2. The second kappa shape index (κ2) is 6.38. The average molecular weight is 329 g/mol. The molecule has 0 unspecified atom stereocenters. The van der Waals surface area contributed by atoms with Crippen LogP contribution in [0.1, 0.15) is 12.5 Å². The van der Waals surface area contributed by atoms with Gasteiger partial charge < -0.3 is 9.47 Å². The van der Waals surface area contributed by atoms with Gasteiger partial charge >= 0.3 is 0 Å². The Hall–Kier alpha value is -1.22. The molecule has 0 aliphatic carbocycles. The zero-order valence-electron chi connectivity index (χ0n) is 9.00. The zero-order valence-corrected chi connectivity index (χ0v) is 11.2. The van der Waals surface area contributed by atoms with Gasteiger partial charge in [-0.1, -0.05) is 12.7 Å². The number of hydrogen-bond donors (Lipinski definition) is 0. The van der Waals surface area contributed by atoms with E-state index in [4.69, 9.17) is 14.7 Å². The number of nitrogens with zero attached hydrogens (tertiary/aromatic N) is 1. The van der Waals surface area contributed by atoms with E-state index < -0.39 is 0 Å². The van der Waals surface area contributed by atoms with Crippen molar-refractivity contribution in [3.8, 4) is 17.6 Å². The maximum Gasteiger partial charge on any atom is 0.175 e. The summed E-state index contributed by atoms with van der Waals surface area (Å²) in [5.41, 5.74) is 0.568. The van der Waals surface area contributed by atoms with E-state index in [-0.39, 0.29) is 0 Å². The molecule has 4 heteroatoms. The molecule has 0 saturated heterocycles. The third-order valence-corrected chi connectivity index (χ3v) is 2.59. The molecule has 0 aliphatic rings. The minimum absolute atomic E-state index is 0.419. The lowest BCUT2D eigenvalue weighted by atomic mass is 10.2. The molecule has 0 aliphatic heterocycles. The Kier molecular flexibility index (Phi) is 5.12. The smallest absolute Gasteiger partial charge is 0.175 e. The van der Waals surface area contributed by atoms with E-state index in [0.29, 0.717) is 30.3 Å². The first-order chi connectivity index (χ1) is 7.72. The van der Waals surface area contributed by atoms with Crippen LogP contribution in [0.25, 0.3) is 0 Å². The van der Waals surface area contributed by atoms with Crippen LogP contribution in [0.2, 0.25) is 0 Å². The fourth-order valence-corrected chi connectivity index (χ4v) is 1.93. The third kappa shape index (κ3) is 3.14. The molecule has 0 radical (unpaired) electrons. The number of benzene rings is 1. The fourth-order valence-electron chi connectivity index (χ4n) is 1.18. The molecule has 0 aromatic heterocycles. The van der Waals surface area contributed by atoms with Gasteiger partial charge in [-0.25, -0.2) is 0 Å². The van der Waals surface area contributed by atoms with Crippen molar-refractivity contribution in [3.63, 3.8) is 0 Å². The molecular formula is C12H12INO2. The first-order valence-corrected chi connectivity index (χ1v) is 5.91. The minimum atomic E-state index is 0.419. The van der Waals surface area contributed by atoms with Crippen molar-refractivity contribution in [2.45, 2.75) is 6.92 Å². The molecule has 0 spiro atoms.